The second-order valence-electron chi connectivity index (χ2n) is 15.9. The van der Waals surface area contributed by atoms with Crippen LogP contribution in [0.5, 0.6) is 11.5 Å². The highest BCUT2D eigenvalue weighted by Crippen LogP contribution is 2.50. The van der Waals surface area contributed by atoms with Gasteiger partial charge < -0.3 is 46.3 Å². The zero-order valence-electron chi connectivity index (χ0n) is 31.3. The number of aromatic hydroxyl groups is 1. The van der Waals surface area contributed by atoms with E-state index in [2.05, 4.69) is 53.4 Å². The molecule has 0 spiro atoms. The second kappa shape index (κ2) is 18.1. The number of H-pyrrole nitrogens is 1. The van der Waals surface area contributed by atoms with Gasteiger partial charge in [-0.25, -0.2) is 0 Å². The number of hydrogen-bond donors (Lipinski definition) is 8. The van der Waals surface area contributed by atoms with Crippen LogP contribution in [0.25, 0.3) is 0 Å². The van der Waals surface area contributed by atoms with Gasteiger partial charge in [0.05, 0.1) is 24.1 Å². The fraction of sp³-hybridized carbons (Fsp3) is 0.591. The third kappa shape index (κ3) is 9.17. The first-order valence-corrected chi connectivity index (χ1v) is 20.1. The van der Waals surface area contributed by atoms with Crippen molar-refractivity contribution in [3.8, 4) is 23.3 Å². The summed E-state index contributed by atoms with van der Waals surface area (Å²) in [6.45, 7) is 2.56. The van der Waals surface area contributed by atoms with E-state index < -0.39 is 24.4 Å². The number of aromatic nitrogens is 1. The first-order valence-electron chi connectivity index (χ1n) is 20.1. The summed E-state index contributed by atoms with van der Waals surface area (Å²) in [5, 5.41) is 58.9. The predicted molar refractivity (Wildman–Crippen MR) is 208 cm³/mol. The van der Waals surface area contributed by atoms with Crippen LogP contribution in [-0.4, -0.2) is 68.1 Å². The van der Waals surface area contributed by atoms with Crippen molar-refractivity contribution in [1.82, 2.24) is 10.3 Å². The van der Waals surface area contributed by atoms with Crippen molar-refractivity contribution in [3.63, 3.8) is 0 Å². The topological polar surface area (TPSA) is 164 Å². The molecule has 0 bridgehead atoms. The van der Waals surface area contributed by atoms with Gasteiger partial charge in [-0.2, -0.15) is 0 Å². The number of ether oxygens (including phenoxy) is 1. The molecule has 0 radical (unpaired) electrons. The first-order chi connectivity index (χ1) is 25.7. The number of dihydropyridines is 1. The SMILES string of the molecule is CCC1C#CC2C=CC(c3ccc(O)c(OC(CC(C4=CCNC(N)=C4)C4(c5ccc[nH]5)CCCCC4)C(O)CCO)c3)CC(O)C2C(O)CCCC1. The maximum Gasteiger partial charge on any atom is 0.161 e. The standard InChI is InChI=1S/C44H61N3O6/c1-2-29-9-4-5-10-37(51)43-30(13-12-29)14-15-31(25-38(43)52)32-16-17-35(49)39(26-32)53-40(36(50)19-24-48)28-34(33-18-23-47-42(45)27-33)44(20-6-3-7-21-44)41-11-8-22-46-41/h8,11,14-18,22,26-27,29-31,34,36-38,40,43,46-52H,2-7,9-10,19-21,23-25,28,45H2,1H3. The van der Waals surface area contributed by atoms with Gasteiger partial charge in [0.2, 0.25) is 0 Å². The molecule has 3 aliphatic carbocycles. The minimum absolute atomic E-state index is 0.0485. The van der Waals surface area contributed by atoms with Crippen molar-refractivity contribution in [2.24, 2.45) is 29.4 Å². The van der Waals surface area contributed by atoms with Crippen LogP contribution in [0.4, 0.5) is 0 Å². The number of aliphatic hydroxyl groups excluding tert-OH is 4. The van der Waals surface area contributed by atoms with Gasteiger partial charge in [-0.05, 0) is 92.3 Å². The van der Waals surface area contributed by atoms with Crippen molar-refractivity contribution in [1.29, 1.82) is 0 Å². The third-order valence-electron chi connectivity index (χ3n) is 12.5. The molecule has 2 aromatic rings. The Morgan fingerprint density at radius 1 is 1.02 bits per heavy atom. The van der Waals surface area contributed by atoms with E-state index in [1.807, 2.05) is 30.5 Å². The van der Waals surface area contributed by atoms with Crippen LogP contribution in [0, 0.1) is 35.5 Å². The number of nitrogens with two attached hydrogens (primary N) is 1. The largest absolute Gasteiger partial charge is 0.504 e. The number of nitrogens with one attached hydrogen (secondary N) is 2. The van der Waals surface area contributed by atoms with Crippen LogP contribution >= 0.6 is 0 Å². The third-order valence-corrected chi connectivity index (χ3v) is 12.5. The average Bonchev–Trinajstić information content (AvgIpc) is 3.66. The molecule has 0 amide bonds. The van der Waals surface area contributed by atoms with Crippen LogP contribution in [0.2, 0.25) is 0 Å². The molecule has 9 atom stereocenters. The molecule has 2 heterocycles. The molecule has 1 fully saturated rings. The fourth-order valence-electron chi connectivity index (χ4n) is 9.51. The van der Waals surface area contributed by atoms with E-state index in [9.17, 15) is 25.5 Å². The van der Waals surface area contributed by atoms with Gasteiger partial charge in [-0.3, -0.25) is 0 Å². The highest BCUT2D eigenvalue weighted by Gasteiger charge is 2.46. The summed E-state index contributed by atoms with van der Waals surface area (Å²) in [6.07, 6.45) is 17.9. The van der Waals surface area contributed by atoms with E-state index in [0.29, 0.717) is 37.5 Å². The minimum atomic E-state index is -1.01. The molecule has 1 aliphatic heterocycles. The molecule has 9 N–H and O–H groups in total. The van der Waals surface area contributed by atoms with Crippen molar-refractivity contribution in [2.75, 3.05) is 13.2 Å². The lowest BCUT2D eigenvalue weighted by Crippen LogP contribution is -2.44. The number of aliphatic hydroxyl groups is 4. The summed E-state index contributed by atoms with van der Waals surface area (Å²) < 4.78 is 6.68. The van der Waals surface area contributed by atoms with Gasteiger partial charge in [0, 0.05) is 60.5 Å². The summed E-state index contributed by atoms with van der Waals surface area (Å²) in [5.74, 6) is 7.07. The number of phenolic OH excluding ortho intramolecular Hbond substituents is 1. The van der Waals surface area contributed by atoms with Crippen molar-refractivity contribution < 1.29 is 30.3 Å². The molecule has 9 unspecified atom stereocenters. The summed E-state index contributed by atoms with van der Waals surface area (Å²) in [5.41, 5.74) is 9.20. The Morgan fingerprint density at radius 3 is 2.57 bits per heavy atom. The zero-order chi connectivity index (χ0) is 37.4. The molecule has 6 rings (SSSR count). The van der Waals surface area contributed by atoms with Gasteiger partial charge in [0.1, 0.15) is 6.10 Å². The lowest BCUT2D eigenvalue weighted by molar-refractivity contribution is -0.00710. The average molecular weight is 728 g/mol. The van der Waals surface area contributed by atoms with Gasteiger partial charge >= 0.3 is 0 Å². The number of fused-ring (bicyclic) bond motifs is 1. The van der Waals surface area contributed by atoms with E-state index in [1.54, 1.807) is 6.07 Å². The molecule has 9 nitrogen and oxygen atoms in total. The molecule has 1 saturated carbocycles. The van der Waals surface area contributed by atoms with Gasteiger partial charge in [-0.15, -0.1) is 0 Å². The van der Waals surface area contributed by atoms with E-state index >= 15 is 0 Å². The Balaban J connectivity index is 1.32. The summed E-state index contributed by atoms with van der Waals surface area (Å²) >= 11 is 0. The van der Waals surface area contributed by atoms with Crippen molar-refractivity contribution in [3.05, 3.63) is 83.5 Å². The Hall–Kier alpha value is -3.68. The van der Waals surface area contributed by atoms with Crippen LogP contribution in [0.15, 0.2) is 72.2 Å². The highest BCUT2D eigenvalue weighted by atomic mass is 16.5. The Labute approximate surface area is 315 Å². The lowest BCUT2D eigenvalue weighted by atomic mass is 9.60. The monoisotopic (exact) mass is 727 g/mol. The highest BCUT2D eigenvalue weighted by molar-refractivity contribution is 5.45. The molecule has 1 aromatic carbocycles. The molecule has 1 aromatic heterocycles. The van der Waals surface area contributed by atoms with Gasteiger partial charge in [0.25, 0.3) is 0 Å². The predicted octanol–water partition coefficient (Wildman–Crippen LogP) is 6.05. The Bertz CT molecular complexity index is 1630. The molecule has 4 aliphatic rings. The summed E-state index contributed by atoms with van der Waals surface area (Å²) in [4.78, 5) is 3.53. The second-order valence-corrected chi connectivity index (χ2v) is 15.9. The Kier molecular flexibility index (Phi) is 13.3. The lowest BCUT2D eigenvalue weighted by Gasteiger charge is -2.46. The molecular weight excluding hydrogens is 666 g/mol. The summed E-state index contributed by atoms with van der Waals surface area (Å²) in [6, 6.07) is 9.47. The van der Waals surface area contributed by atoms with E-state index in [4.69, 9.17) is 10.5 Å². The quantitative estimate of drug-likeness (QED) is 0.0968. The minimum Gasteiger partial charge on any atom is -0.504 e. The van der Waals surface area contributed by atoms with Crippen LogP contribution in [0.1, 0.15) is 108 Å². The van der Waals surface area contributed by atoms with E-state index in [0.717, 1.165) is 74.6 Å². The van der Waals surface area contributed by atoms with Crippen LogP contribution in [0.3, 0.4) is 0 Å². The van der Waals surface area contributed by atoms with Crippen molar-refractivity contribution in [2.45, 2.75) is 126 Å². The van der Waals surface area contributed by atoms with Crippen molar-refractivity contribution >= 4 is 0 Å². The molecule has 9 heteroatoms. The Morgan fingerprint density at radius 2 is 1.83 bits per heavy atom. The maximum absolute atomic E-state index is 11.6. The molecule has 53 heavy (non-hydrogen) atoms. The first kappa shape index (κ1) is 39.0. The van der Waals surface area contributed by atoms with Crippen LogP contribution in [-0.2, 0) is 5.41 Å². The normalized spacial score (nSPS) is 29.1. The number of allylic oxidation sites excluding steroid dienone is 4. The number of hydrogen-bond acceptors (Lipinski definition) is 8. The number of phenols is 1. The van der Waals surface area contributed by atoms with Gasteiger partial charge in [0.15, 0.2) is 11.5 Å². The fourth-order valence-corrected chi connectivity index (χ4v) is 9.51. The number of aromatic amines is 1. The molecule has 0 saturated heterocycles. The van der Waals surface area contributed by atoms with E-state index in [-0.39, 0.29) is 53.6 Å². The van der Waals surface area contributed by atoms with E-state index in [1.165, 1.54) is 0 Å². The maximum atomic E-state index is 11.6. The number of benzene rings is 1. The number of rotatable bonds is 12. The zero-order valence-corrected chi connectivity index (χ0v) is 31.3. The van der Waals surface area contributed by atoms with Crippen LogP contribution < -0.4 is 15.8 Å². The van der Waals surface area contributed by atoms with Gasteiger partial charge in [-0.1, -0.05) is 75.2 Å². The molecule has 288 valence electrons. The molecular formula is C44H61N3O6. The summed E-state index contributed by atoms with van der Waals surface area (Å²) in [7, 11) is 0. The smallest absolute Gasteiger partial charge is 0.161 e.